The number of rotatable bonds is 4. The summed E-state index contributed by atoms with van der Waals surface area (Å²) in [7, 11) is 1.67. The quantitative estimate of drug-likeness (QED) is 0.939. The van der Waals surface area contributed by atoms with Gasteiger partial charge in [0.25, 0.3) is 0 Å². The molecule has 1 aromatic heterocycles. The second-order valence-corrected chi connectivity index (χ2v) is 5.35. The molecule has 19 heavy (non-hydrogen) atoms. The summed E-state index contributed by atoms with van der Waals surface area (Å²) in [4.78, 5) is 4.09. The molecule has 0 saturated carbocycles. The Morgan fingerprint density at radius 3 is 2.84 bits per heavy atom. The number of hydrogen-bond acceptors (Lipinski definition) is 3. The summed E-state index contributed by atoms with van der Waals surface area (Å²) in [6.07, 6.45) is 4.38. The highest BCUT2D eigenvalue weighted by Gasteiger charge is 2.12. The van der Waals surface area contributed by atoms with Crippen LogP contribution >= 0.6 is 15.9 Å². The molecule has 100 valence electrons. The Labute approximate surface area is 121 Å². The van der Waals surface area contributed by atoms with Crippen molar-refractivity contribution < 1.29 is 4.74 Å². The van der Waals surface area contributed by atoms with E-state index < -0.39 is 0 Å². The van der Waals surface area contributed by atoms with E-state index in [-0.39, 0.29) is 6.04 Å². The molecule has 3 nitrogen and oxygen atoms in total. The van der Waals surface area contributed by atoms with Crippen molar-refractivity contribution >= 4 is 15.9 Å². The van der Waals surface area contributed by atoms with E-state index >= 15 is 0 Å². The number of pyridine rings is 1. The third-order valence-electron chi connectivity index (χ3n) is 3.16. The zero-order valence-electron chi connectivity index (χ0n) is 11.1. The molecule has 1 heterocycles. The number of ether oxygens (including phenoxy) is 1. The van der Waals surface area contributed by atoms with Crippen LogP contribution in [-0.4, -0.2) is 12.1 Å². The molecular weight excluding hydrogens is 304 g/mol. The van der Waals surface area contributed by atoms with Gasteiger partial charge in [0.15, 0.2) is 0 Å². The summed E-state index contributed by atoms with van der Waals surface area (Å²) in [6.45, 7) is 2.03. The third kappa shape index (κ3) is 3.33. The lowest BCUT2D eigenvalue weighted by molar-refractivity contribution is 0.414. The number of aromatic nitrogens is 1. The molecule has 0 aliphatic rings. The lowest BCUT2D eigenvalue weighted by atomic mass is 9.97. The van der Waals surface area contributed by atoms with Crippen molar-refractivity contribution in [3.63, 3.8) is 0 Å². The summed E-state index contributed by atoms with van der Waals surface area (Å²) >= 11 is 3.56. The van der Waals surface area contributed by atoms with Gasteiger partial charge in [0, 0.05) is 22.9 Å². The summed E-state index contributed by atoms with van der Waals surface area (Å²) in [5.41, 5.74) is 9.69. The zero-order chi connectivity index (χ0) is 13.8. The standard InChI is InChI=1S/C15H17BrN2O/c1-10-9-18-6-5-13(10)15(17)8-11-7-12(19-2)3-4-14(11)16/h3-7,9,15H,8,17H2,1-2H3. The van der Waals surface area contributed by atoms with E-state index in [1.54, 1.807) is 13.3 Å². The maximum atomic E-state index is 6.30. The summed E-state index contributed by atoms with van der Waals surface area (Å²) in [6, 6.07) is 7.86. The maximum Gasteiger partial charge on any atom is 0.119 e. The predicted molar refractivity (Wildman–Crippen MR) is 80.3 cm³/mol. The molecule has 0 fully saturated rings. The van der Waals surface area contributed by atoms with Gasteiger partial charge in [0.1, 0.15) is 5.75 Å². The van der Waals surface area contributed by atoms with Gasteiger partial charge in [-0.25, -0.2) is 0 Å². The molecule has 2 rings (SSSR count). The molecular formula is C15H17BrN2O. The van der Waals surface area contributed by atoms with Gasteiger partial charge >= 0.3 is 0 Å². The van der Waals surface area contributed by atoms with Crippen LogP contribution in [0.25, 0.3) is 0 Å². The van der Waals surface area contributed by atoms with Crippen molar-refractivity contribution in [3.8, 4) is 5.75 Å². The first-order valence-corrected chi connectivity index (χ1v) is 6.89. The average molecular weight is 321 g/mol. The number of aryl methyl sites for hydroxylation is 1. The average Bonchev–Trinajstić information content (AvgIpc) is 2.41. The molecule has 0 spiro atoms. The van der Waals surface area contributed by atoms with Crippen LogP contribution in [0, 0.1) is 6.92 Å². The van der Waals surface area contributed by atoms with Crippen molar-refractivity contribution in [2.75, 3.05) is 7.11 Å². The monoisotopic (exact) mass is 320 g/mol. The summed E-state index contributed by atoms with van der Waals surface area (Å²) in [5.74, 6) is 0.844. The molecule has 0 aliphatic carbocycles. The van der Waals surface area contributed by atoms with Gasteiger partial charge in [0.05, 0.1) is 7.11 Å². The minimum Gasteiger partial charge on any atom is -0.497 e. The number of nitrogens with two attached hydrogens (primary N) is 1. The normalized spacial score (nSPS) is 12.2. The van der Waals surface area contributed by atoms with Crippen LogP contribution in [0.4, 0.5) is 0 Å². The fraction of sp³-hybridized carbons (Fsp3) is 0.267. The Morgan fingerprint density at radius 2 is 2.16 bits per heavy atom. The molecule has 1 unspecified atom stereocenters. The largest absolute Gasteiger partial charge is 0.497 e. The Balaban J connectivity index is 2.24. The van der Waals surface area contributed by atoms with Crippen LogP contribution in [-0.2, 0) is 6.42 Å². The highest BCUT2D eigenvalue weighted by atomic mass is 79.9. The topological polar surface area (TPSA) is 48.1 Å². The van der Waals surface area contributed by atoms with Crippen LogP contribution in [0.2, 0.25) is 0 Å². The van der Waals surface area contributed by atoms with Crippen molar-refractivity contribution in [2.45, 2.75) is 19.4 Å². The van der Waals surface area contributed by atoms with Gasteiger partial charge in [-0.15, -0.1) is 0 Å². The highest BCUT2D eigenvalue weighted by molar-refractivity contribution is 9.10. The van der Waals surface area contributed by atoms with E-state index in [1.165, 1.54) is 0 Å². The van der Waals surface area contributed by atoms with Crippen molar-refractivity contribution in [1.29, 1.82) is 0 Å². The van der Waals surface area contributed by atoms with Crippen LogP contribution in [0.5, 0.6) is 5.75 Å². The highest BCUT2D eigenvalue weighted by Crippen LogP contribution is 2.27. The summed E-state index contributed by atoms with van der Waals surface area (Å²) in [5, 5.41) is 0. The molecule has 0 saturated heterocycles. The molecule has 2 N–H and O–H groups in total. The zero-order valence-corrected chi connectivity index (χ0v) is 12.6. The van der Waals surface area contributed by atoms with Gasteiger partial charge in [-0.05, 0) is 54.3 Å². The molecule has 0 bridgehead atoms. The fourth-order valence-electron chi connectivity index (χ4n) is 2.08. The molecule has 1 aromatic carbocycles. The first kappa shape index (κ1) is 14.0. The smallest absolute Gasteiger partial charge is 0.119 e. The number of halogens is 1. The van der Waals surface area contributed by atoms with E-state index in [9.17, 15) is 0 Å². The van der Waals surface area contributed by atoms with E-state index in [0.717, 1.165) is 33.3 Å². The Hall–Kier alpha value is -1.39. The van der Waals surface area contributed by atoms with Gasteiger partial charge in [-0.3, -0.25) is 4.98 Å². The van der Waals surface area contributed by atoms with E-state index in [1.807, 2.05) is 37.4 Å². The van der Waals surface area contributed by atoms with Crippen LogP contribution in [0.15, 0.2) is 41.1 Å². The fourth-order valence-corrected chi connectivity index (χ4v) is 2.49. The van der Waals surface area contributed by atoms with Gasteiger partial charge < -0.3 is 10.5 Å². The molecule has 0 aliphatic heterocycles. The van der Waals surface area contributed by atoms with E-state index in [2.05, 4.69) is 20.9 Å². The second-order valence-electron chi connectivity index (χ2n) is 4.50. The Kier molecular flexibility index (Phi) is 4.56. The maximum absolute atomic E-state index is 6.30. The van der Waals surface area contributed by atoms with Gasteiger partial charge in [-0.1, -0.05) is 15.9 Å². The van der Waals surface area contributed by atoms with Gasteiger partial charge in [0.2, 0.25) is 0 Å². The van der Waals surface area contributed by atoms with Crippen LogP contribution < -0.4 is 10.5 Å². The van der Waals surface area contributed by atoms with Crippen molar-refractivity contribution in [2.24, 2.45) is 5.73 Å². The minimum absolute atomic E-state index is 0.0496. The number of methoxy groups -OCH3 is 1. The molecule has 4 heteroatoms. The Morgan fingerprint density at radius 1 is 1.37 bits per heavy atom. The van der Waals surface area contributed by atoms with Crippen molar-refractivity contribution in [3.05, 3.63) is 57.8 Å². The predicted octanol–water partition coefficient (Wildman–Crippen LogP) is 3.40. The number of hydrogen-bond donors (Lipinski definition) is 1. The van der Waals surface area contributed by atoms with E-state index in [0.29, 0.717) is 0 Å². The molecule has 2 aromatic rings. The lowest BCUT2D eigenvalue weighted by Crippen LogP contribution is -2.15. The SMILES string of the molecule is COc1ccc(Br)c(CC(N)c2ccncc2C)c1. The Bertz CT molecular complexity index is 572. The first-order chi connectivity index (χ1) is 9.11. The number of benzene rings is 1. The molecule has 0 radical (unpaired) electrons. The third-order valence-corrected chi connectivity index (χ3v) is 3.93. The summed E-state index contributed by atoms with van der Waals surface area (Å²) < 4.78 is 6.30. The first-order valence-electron chi connectivity index (χ1n) is 6.10. The molecule has 1 atom stereocenters. The van der Waals surface area contributed by atoms with E-state index in [4.69, 9.17) is 10.5 Å². The molecule has 0 amide bonds. The van der Waals surface area contributed by atoms with Crippen molar-refractivity contribution in [1.82, 2.24) is 4.98 Å². The van der Waals surface area contributed by atoms with Crippen LogP contribution in [0.1, 0.15) is 22.7 Å². The number of nitrogens with zero attached hydrogens (tertiary/aromatic N) is 1. The lowest BCUT2D eigenvalue weighted by Gasteiger charge is -2.16. The van der Waals surface area contributed by atoms with Crippen LogP contribution in [0.3, 0.4) is 0 Å². The second kappa shape index (κ2) is 6.17. The van der Waals surface area contributed by atoms with Gasteiger partial charge in [-0.2, -0.15) is 0 Å². The minimum atomic E-state index is -0.0496.